The van der Waals surface area contributed by atoms with Crippen LogP contribution in [0.15, 0.2) is 36.4 Å². The normalized spacial score (nSPS) is 20.4. The molecular formula is C52H62ClF3N8O6. The second-order valence-electron chi connectivity index (χ2n) is 19.3. The average Bonchev–Trinajstić information content (AvgIpc) is 3.92. The summed E-state index contributed by atoms with van der Waals surface area (Å²) in [6.45, 7) is 8.21. The molecule has 4 fully saturated rings. The maximum atomic E-state index is 17.1. The van der Waals surface area contributed by atoms with Crippen molar-refractivity contribution in [2.75, 3.05) is 77.5 Å². The number of nitrogens with zero attached hydrogens (tertiary/aromatic N) is 7. The number of likely N-dealkylation sites (tertiary alicyclic amines) is 2. The predicted molar refractivity (Wildman–Crippen MR) is 260 cm³/mol. The van der Waals surface area contributed by atoms with E-state index in [-0.39, 0.29) is 82.5 Å². The molecular weight excluding hydrogens is 925 g/mol. The molecule has 0 bridgehead atoms. The highest BCUT2D eigenvalue weighted by molar-refractivity contribution is 6.34. The number of nitrogens with one attached hydrogen (secondary N) is 1. The zero-order valence-electron chi connectivity index (χ0n) is 40.1. The third-order valence-electron chi connectivity index (χ3n) is 14.9. The van der Waals surface area contributed by atoms with Gasteiger partial charge in [-0.25, -0.2) is 13.2 Å². The quantitative estimate of drug-likeness (QED) is 0.0817. The van der Waals surface area contributed by atoms with E-state index in [0.29, 0.717) is 69.0 Å². The van der Waals surface area contributed by atoms with Crippen LogP contribution in [-0.4, -0.2) is 138 Å². The van der Waals surface area contributed by atoms with Crippen molar-refractivity contribution in [3.63, 3.8) is 0 Å². The zero-order valence-corrected chi connectivity index (χ0v) is 40.8. The van der Waals surface area contributed by atoms with Gasteiger partial charge in [-0.05, 0) is 126 Å². The number of unbranched alkanes of at least 4 members (excludes halogenated alkanes) is 4. The molecule has 374 valence electrons. The molecule has 9 rings (SSSR count). The van der Waals surface area contributed by atoms with E-state index < -0.39 is 29.4 Å². The predicted octanol–water partition coefficient (Wildman–Crippen LogP) is 7.87. The Hall–Kier alpha value is -5.52. The number of likely N-dealkylation sites (N-methyl/N-ethyl adjacent to an activating group) is 1. The van der Waals surface area contributed by atoms with Crippen molar-refractivity contribution in [3.05, 3.63) is 75.6 Å². The first-order valence-corrected chi connectivity index (χ1v) is 25.4. The van der Waals surface area contributed by atoms with Crippen LogP contribution >= 0.6 is 11.6 Å². The van der Waals surface area contributed by atoms with Crippen LogP contribution in [0.1, 0.15) is 111 Å². The van der Waals surface area contributed by atoms with Crippen molar-refractivity contribution in [1.82, 2.24) is 34.9 Å². The van der Waals surface area contributed by atoms with Gasteiger partial charge in [0.1, 0.15) is 41.4 Å². The molecule has 5 aliphatic rings. The Morgan fingerprint density at radius 3 is 2.39 bits per heavy atom. The lowest BCUT2D eigenvalue weighted by Crippen LogP contribution is -2.52. The fraction of sp³-hybridized carbons (Fsp3) is 0.538. The van der Waals surface area contributed by atoms with Gasteiger partial charge in [-0.15, -0.1) is 0 Å². The molecule has 0 radical (unpaired) electrons. The van der Waals surface area contributed by atoms with Gasteiger partial charge in [0.15, 0.2) is 5.82 Å². The number of halogens is 4. The number of hydrogen-bond donors (Lipinski definition) is 1. The smallest absolute Gasteiger partial charge is 0.319 e. The molecule has 4 saturated heterocycles. The van der Waals surface area contributed by atoms with Crippen molar-refractivity contribution in [3.8, 4) is 22.9 Å². The fourth-order valence-electron chi connectivity index (χ4n) is 10.9. The van der Waals surface area contributed by atoms with Crippen LogP contribution in [0.5, 0.6) is 11.8 Å². The van der Waals surface area contributed by atoms with Gasteiger partial charge in [-0.3, -0.25) is 24.5 Å². The molecule has 1 unspecified atom stereocenters. The summed E-state index contributed by atoms with van der Waals surface area (Å²) in [5.41, 5.74) is 1.67. The molecule has 1 aromatic heterocycles. The van der Waals surface area contributed by atoms with Gasteiger partial charge >= 0.3 is 6.01 Å². The lowest BCUT2D eigenvalue weighted by atomic mass is 9.85. The number of amides is 4. The molecule has 4 amide bonds. The Kier molecular flexibility index (Phi) is 15.4. The number of carbonyl (C=O) groups is 4. The number of piperidine rings is 2. The first-order chi connectivity index (χ1) is 33.9. The number of aromatic nitrogens is 2. The zero-order chi connectivity index (χ0) is 49.1. The van der Waals surface area contributed by atoms with Crippen LogP contribution in [0.3, 0.4) is 0 Å². The van der Waals surface area contributed by atoms with Crippen molar-refractivity contribution in [2.24, 2.45) is 0 Å². The minimum Gasteiger partial charge on any atom is -0.493 e. The summed E-state index contributed by atoms with van der Waals surface area (Å²) >= 11 is 6.90. The highest BCUT2D eigenvalue weighted by atomic mass is 35.5. The summed E-state index contributed by atoms with van der Waals surface area (Å²) in [6, 6.07) is 8.25. The lowest BCUT2D eigenvalue weighted by molar-refractivity contribution is -0.137. The topological polar surface area (TPSA) is 141 Å². The van der Waals surface area contributed by atoms with Crippen molar-refractivity contribution < 1.29 is 41.8 Å². The molecule has 5 aliphatic heterocycles. The highest BCUT2D eigenvalue weighted by Gasteiger charge is 2.41. The Labute approximate surface area is 411 Å². The van der Waals surface area contributed by atoms with Gasteiger partial charge < -0.3 is 34.0 Å². The summed E-state index contributed by atoms with van der Waals surface area (Å²) in [5, 5.41) is 2.68. The van der Waals surface area contributed by atoms with Crippen LogP contribution in [0.25, 0.3) is 22.0 Å². The monoisotopic (exact) mass is 986 g/mol. The summed E-state index contributed by atoms with van der Waals surface area (Å²) in [7, 11) is 2.04. The van der Waals surface area contributed by atoms with E-state index in [1.54, 1.807) is 18.2 Å². The standard InChI is InChI=1S/C52H62ClF3N8O6/c1-3-44(66)62-22-24-63(25-23-62)49-37-29-39(53)45(47(56)48(37)58-52(59-49)70-31-34-11-10-18-60(34)2)46-40(55)12-9-13-42(46)69-26-8-6-4-5-7-19-61-20-16-32(17-21-61)35-27-33(54)28-36-38(35)30-64(51(36)68)41-14-15-43(65)57-50(41)67/h9,12-13,27-29,32,34,41H,3-8,10-11,14-26,30-31H2,1-2H3,(H,57,65,67)/t34-,41?/m0/s1. The second kappa shape index (κ2) is 21.9. The molecule has 18 heteroatoms. The number of benzene rings is 3. The Morgan fingerprint density at radius 2 is 1.64 bits per heavy atom. The molecule has 0 spiro atoms. The van der Waals surface area contributed by atoms with Gasteiger partial charge in [0, 0.05) is 68.1 Å². The van der Waals surface area contributed by atoms with Crippen molar-refractivity contribution in [1.29, 1.82) is 0 Å². The van der Waals surface area contributed by atoms with E-state index in [1.807, 2.05) is 23.8 Å². The number of carbonyl (C=O) groups excluding carboxylic acids is 4. The molecule has 70 heavy (non-hydrogen) atoms. The molecule has 2 atom stereocenters. The molecule has 1 N–H and O–H groups in total. The molecule has 0 saturated carbocycles. The van der Waals surface area contributed by atoms with E-state index in [9.17, 15) is 23.6 Å². The third kappa shape index (κ3) is 10.6. The first kappa shape index (κ1) is 49.5. The summed E-state index contributed by atoms with van der Waals surface area (Å²) < 4.78 is 60.2. The molecule has 0 aliphatic carbocycles. The SMILES string of the molecule is CCC(=O)N1CCN(c2nc(OC[C@@H]3CCCN3C)nc3c(F)c(-c4c(F)cccc4OCCCCCCCN4CCC(c5cc(F)cc6c5CN(C5CCC(=O)NC5=O)C6=O)CC4)c(Cl)cc23)CC1. The second-order valence-corrected chi connectivity index (χ2v) is 19.8. The van der Waals surface area contributed by atoms with E-state index in [0.717, 1.165) is 88.7 Å². The van der Waals surface area contributed by atoms with Crippen LogP contribution in [-0.2, 0) is 20.9 Å². The minimum absolute atomic E-state index is 0.0117. The van der Waals surface area contributed by atoms with Gasteiger partial charge in [-0.2, -0.15) is 9.97 Å². The van der Waals surface area contributed by atoms with Gasteiger partial charge in [-0.1, -0.05) is 43.9 Å². The van der Waals surface area contributed by atoms with Crippen LogP contribution in [0, 0.1) is 17.5 Å². The van der Waals surface area contributed by atoms with E-state index in [1.165, 1.54) is 23.1 Å². The maximum Gasteiger partial charge on any atom is 0.319 e. The number of imide groups is 1. The molecule has 4 aromatic rings. The first-order valence-electron chi connectivity index (χ1n) is 25.0. The fourth-order valence-corrected chi connectivity index (χ4v) is 11.2. The van der Waals surface area contributed by atoms with Crippen molar-refractivity contribution >= 4 is 52.0 Å². The number of anilines is 1. The number of rotatable bonds is 17. The third-order valence-corrected chi connectivity index (χ3v) is 15.2. The Balaban J connectivity index is 0.784. The number of ether oxygens (including phenoxy) is 2. The van der Waals surface area contributed by atoms with Gasteiger partial charge in [0.2, 0.25) is 17.7 Å². The summed E-state index contributed by atoms with van der Waals surface area (Å²) in [6.07, 6.45) is 9.10. The number of fused-ring (bicyclic) bond motifs is 2. The Bertz CT molecular complexity index is 2620. The molecule has 14 nitrogen and oxygen atoms in total. The van der Waals surface area contributed by atoms with E-state index in [4.69, 9.17) is 26.1 Å². The van der Waals surface area contributed by atoms with Gasteiger partial charge in [0.25, 0.3) is 5.91 Å². The number of hydrogen-bond acceptors (Lipinski definition) is 11. The number of piperazine rings is 1. The van der Waals surface area contributed by atoms with E-state index >= 15 is 8.78 Å². The van der Waals surface area contributed by atoms with Crippen LogP contribution in [0.4, 0.5) is 19.0 Å². The van der Waals surface area contributed by atoms with Gasteiger partial charge in [0.05, 0.1) is 17.2 Å². The van der Waals surface area contributed by atoms with E-state index in [2.05, 4.69) is 20.1 Å². The summed E-state index contributed by atoms with van der Waals surface area (Å²) in [5.74, 6) is -2.35. The Morgan fingerprint density at radius 1 is 0.871 bits per heavy atom. The highest BCUT2D eigenvalue weighted by Crippen LogP contribution is 2.44. The molecule has 6 heterocycles. The van der Waals surface area contributed by atoms with Crippen molar-refractivity contribution in [2.45, 2.75) is 109 Å². The maximum absolute atomic E-state index is 17.1. The largest absolute Gasteiger partial charge is 0.493 e. The molecule has 3 aromatic carbocycles. The average molecular weight is 988 g/mol. The summed E-state index contributed by atoms with van der Waals surface area (Å²) in [4.78, 5) is 69.4. The lowest BCUT2D eigenvalue weighted by Gasteiger charge is -2.36. The van der Waals surface area contributed by atoms with Crippen LogP contribution in [0.2, 0.25) is 5.02 Å². The minimum atomic E-state index is -0.805. The van der Waals surface area contributed by atoms with Crippen LogP contribution < -0.4 is 19.7 Å².